The normalized spacial score (nSPS) is 12.0. The molecule has 0 aliphatic rings. The third kappa shape index (κ3) is 4.74. The Bertz CT molecular complexity index is 722. The van der Waals surface area contributed by atoms with Crippen LogP contribution >= 0.6 is 23.2 Å². The second-order valence-corrected chi connectivity index (χ2v) is 5.94. The van der Waals surface area contributed by atoms with Gasteiger partial charge in [-0.3, -0.25) is 9.78 Å². The summed E-state index contributed by atoms with van der Waals surface area (Å²) in [4.78, 5) is 14.9. The van der Waals surface area contributed by atoms with Gasteiger partial charge in [-0.2, -0.15) is 0 Å². The number of pyridine rings is 1. The van der Waals surface area contributed by atoms with E-state index in [4.69, 9.17) is 33.7 Å². The van der Waals surface area contributed by atoms with Crippen LogP contribution in [0.3, 0.4) is 0 Å². The van der Waals surface area contributed by atoms with Crippen molar-refractivity contribution in [3.05, 3.63) is 40.5 Å². The van der Waals surface area contributed by atoms with Crippen LogP contribution < -0.4 is 10.5 Å². The van der Waals surface area contributed by atoms with Gasteiger partial charge in [-0.1, -0.05) is 23.2 Å². The number of nitrogens with two attached hydrogens (primary N) is 1. The van der Waals surface area contributed by atoms with E-state index in [-0.39, 0.29) is 24.2 Å². The standard InChI is InChI=1S/C16H16Cl2N2O3/c1-9(2-5-15(19)22)23-14-4-3-10(6-13(14)21)16-12(18)7-11(17)8-20-16/h3-4,6-9,21H,2,5H2,1H3,(H2,19,22). The lowest BCUT2D eigenvalue weighted by Crippen LogP contribution is -2.17. The predicted octanol–water partition coefficient (Wildman–Crippen LogP) is 3.79. The molecule has 1 aromatic carbocycles. The van der Waals surface area contributed by atoms with Gasteiger partial charge < -0.3 is 15.6 Å². The molecule has 0 spiro atoms. The van der Waals surface area contributed by atoms with Crippen LogP contribution in [0.15, 0.2) is 30.5 Å². The monoisotopic (exact) mass is 354 g/mol. The number of nitrogens with zero attached hydrogens (tertiary/aromatic N) is 1. The van der Waals surface area contributed by atoms with E-state index in [1.54, 1.807) is 25.1 Å². The number of phenolic OH excluding ortho intramolecular Hbond substituents is 1. The first-order chi connectivity index (χ1) is 10.9. The molecule has 7 heteroatoms. The maximum absolute atomic E-state index is 10.8. The number of halogens is 2. The molecule has 3 N–H and O–H groups in total. The highest BCUT2D eigenvalue weighted by molar-refractivity contribution is 6.36. The number of benzene rings is 1. The largest absolute Gasteiger partial charge is 0.504 e. The molecule has 0 saturated heterocycles. The lowest BCUT2D eigenvalue weighted by atomic mass is 10.1. The van der Waals surface area contributed by atoms with Crippen molar-refractivity contribution >= 4 is 29.1 Å². The number of hydrogen-bond donors (Lipinski definition) is 2. The summed E-state index contributed by atoms with van der Waals surface area (Å²) in [6.07, 6.45) is 1.93. The van der Waals surface area contributed by atoms with Crippen LogP contribution in [-0.2, 0) is 4.79 Å². The van der Waals surface area contributed by atoms with E-state index >= 15 is 0 Å². The molecule has 1 amide bonds. The Balaban J connectivity index is 2.16. The second kappa shape index (κ2) is 7.53. The van der Waals surface area contributed by atoms with Gasteiger partial charge in [0, 0.05) is 18.2 Å². The van der Waals surface area contributed by atoms with E-state index in [1.165, 1.54) is 12.3 Å². The molecule has 0 saturated carbocycles. The van der Waals surface area contributed by atoms with Crippen LogP contribution in [0.1, 0.15) is 19.8 Å². The second-order valence-electron chi connectivity index (χ2n) is 5.10. The number of carbonyl (C=O) groups is 1. The van der Waals surface area contributed by atoms with Gasteiger partial charge in [-0.05, 0) is 37.6 Å². The lowest BCUT2D eigenvalue weighted by molar-refractivity contribution is -0.118. The molecule has 2 aromatic rings. The molecular weight excluding hydrogens is 339 g/mol. The highest BCUT2D eigenvalue weighted by Crippen LogP contribution is 2.35. The van der Waals surface area contributed by atoms with Crippen LogP contribution in [0.25, 0.3) is 11.3 Å². The number of aromatic nitrogens is 1. The molecule has 2 rings (SSSR count). The number of phenols is 1. The van der Waals surface area contributed by atoms with Crippen LogP contribution in [0.2, 0.25) is 10.0 Å². The quantitative estimate of drug-likeness (QED) is 0.825. The van der Waals surface area contributed by atoms with Crippen molar-refractivity contribution in [2.75, 3.05) is 0 Å². The number of amides is 1. The van der Waals surface area contributed by atoms with E-state index < -0.39 is 0 Å². The molecule has 1 aromatic heterocycles. The zero-order valence-corrected chi connectivity index (χ0v) is 13.9. The Labute approximate surface area is 144 Å². The summed E-state index contributed by atoms with van der Waals surface area (Å²) in [5.41, 5.74) is 6.25. The predicted molar refractivity (Wildman–Crippen MR) is 89.9 cm³/mol. The number of primary amides is 1. The number of ether oxygens (including phenoxy) is 1. The molecule has 1 heterocycles. The highest BCUT2D eigenvalue weighted by Gasteiger charge is 2.12. The van der Waals surface area contributed by atoms with Gasteiger partial charge in [0.1, 0.15) is 0 Å². The molecule has 122 valence electrons. The van der Waals surface area contributed by atoms with Gasteiger partial charge in [-0.15, -0.1) is 0 Å². The van der Waals surface area contributed by atoms with Crippen molar-refractivity contribution in [3.8, 4) is 22.8 Å². The summed E-state index contributed by atoms with van der Waals surface area (Å²) < 4.78 is 5.60. The van der Waals surface area contributed by atoms with Crippen molar-refractivity contribution in [1.29, 1.82) is 0 Å². The number of aromatic hydroxyl groups is 1. The van der Waals surface area contributed by atoms with Crippen LogP contribution in [-0.4, -0.2) is 22.1 Å². The van der Waals surface area contributed by atoms with Gasteiger partial charge in [0.15, 0.2) is 11.5 Å². The van der Waals surface area contributed by atoms with Crippen molar-refractivity contribution in [3.63, 3.8) is 0 Å². The molecule has 0 fully saturated rings. The van der Waals surface area contributed by atoms with Crippen molar-refractivity contribution in [2.45, 2.75) is 25.9 Å². The maximum atomic E-state index is 10.8. The average Bonchev–Trinajstić information content (AvgIpc) is 2.47. The first-order valence-corrected chi connectivity index (χ1v) is 7.72. The SMILES string of the molecule is CC(CCC(N)=O)Oc1ccc(-c2ncc(Cl)cc2Cl)cc1O. The Kier molecular flexibility index (Phi) is 5.69. The molecule has 0 radical (unpaired) electrons. The fraction of sp³-hybridized carbons (Fsp3) is 0.250. The molecule has 5 nitrogen and oxygen atoms in total. The van der Waals surface area contributed by atoms with E-state index in [2.05, 4.69) is 4.98 Å². The van der Waals surface area contributed by atoms with E-state index in [0.29, 0.717) is 33.5 Å². The fourth-order valence-electron chi connectivity index (χ4n) is 2.01. The Morgan fingerprint density at radius 3 is 2.74 bits per heavy atom. The fourth-order valence-corrected chi connectivity index (χ4v) is 2.50. The van der Waals surface area contributed by atoms with Gasteiger partial charge in [-0.25, -0.2) is 0 Å². The Morgan fingerprint density at radius 1 is 1.39 bits per heavy atom. The van der Waals surface area contributed by atoms with Gasteiger partial charge in [0.25, 0.3) is 0 Å². The summed E-state index contributed by atoms with van der Waals surface area (Å²) in [5, 5.41) is 10.9. The zero-order chi connectivity index (χ0) is 17.0. The van der Waals surface area contributed by atoms with Gasteiger partial charge >= 0.3 is 0 Å². The topological polar surface area (TPSA) is 85.4 Å². The maximum Gasteiger partial charge on any atom is 0.217 e. The number of rotatable bonds is 6. The van der Waals surface area contributed by atoms with Crippen molar-refractivity contribution < 1.29 is 14.6 Å². The number of carbonyl (C=O) groups excluding carboxylic acids is 1. The van der Waals surface area contributed by atoms with Crippen molar-refractivity contribution in [2.24, 2.45) is 5.73 Å². The smallest absolute Gasteiger partial charge is 0.217 e. The summed E-state index contributed by atoms with van der Waals surface area (Å²) in [5.74, 6) is -0.111. The van der Waals surface area contributed by atoms with Crippen LogP contribution in [0.4, 0.5) is 0 Å². The summed E-state index contributed by atoms with van der Waals surface area (Å²) in [6.45, 7) is 1.80. The first-order valence-electron chi connectivity index (χ1n) is 6.96. The highest BCUT2D eigenvalue weighted by atomic mass is 35.5. The minimum atomic E-state index is -0.386. The Hall–Kier alpha value is -1.98. The molecule has 23 heavy (non-hydrogen) atoms. The summed E-state index contributed by atoms with van der Waals surface area (Å²) in [6, 6.07) is 6.45. The number of hydrogen-bond acceptors (Lipinski definition) is 4. The summed E-state index contributed by atoms with van der Waals surface area (Å²) >= 11 is 11.9. The third-order valence-electron chi connectivity index (χ3n) is 3.17. The molecular formula is C16H16Cl2N2O3. The third-order valence-corrected chi connectivity index (χ3v) is 3.66. The van der Waals surface area contributed by atoms with Crippen LogP contribution in [0.5, 0.6) is 11.5 Å². The lowest BCUT2D eigenvalue weighted by Gasteiger charge is -2.15. The minimum Gasteiger partial charge on any atom is -0.504 e. The molecule has 1 atom stereocenters. The van der Waals surface area contributed by atoms with E-state index in [0.717, 1.165) is 0 Å². The van der Waals surface area contributed by atoms with E-state index in [9.17, 15) is 9.90 Å². The molecule has 0 aliphatic heterocycles. The average molecular weight is 355 g/mol. The molecule has 1 unspecified atom stereocenters. The minimum absolute atomic E-state index is 0.0405. The van der Waals surface area contributed by atoms with Gasteiger partial charge in [0.2, 0.25) is 5.91 Å². The first kappa shape index (κ1) is 17.4. The Morgan fingerprint density at radius 2 is 2.13 bits per heavy atom. The molecule has 0 bridgehead atoms. The van der Waals surface area contributed by atoms with Crippen LogP contribution in [0, 0.1) is 0 Å². The summed E-state index contributed by atoms with van der Waals surface area (Å²) in [7, 11) is 0. The molecule has 0 aliphatic carbocycles. The van der Waals surface area contributed by atoms with E-state index in [1.807, 2.05) is 0 Å². The van der Waals surface area contributed by atoms with Crippen molar-refractivity contribution in [1.82, 2.24) is 4.98 Å². The van der Waals surface area contributed by atoms with Gasteiger partial charge in [0.05, 0.1) is 21.8 Å². The zero-order valence-electron chi connectivity index (χ0n) is 12.4.